The fourth-order valence-electron chi connectivity index (χ4n) is 6.26. The number of aryl methyl sites for hydroxylation is 2. The molecule has 2 aromatic carbocycles. The lowest BCUT2D eigenvalue weighted by molar-refractivity contribution is -0.136. The van der Waals surface area contributed by atoms with Gasteiger partial charge in [-0.05, 0) is 83.2 Å². The van der Waals surface area contributed by atoms with Crippen molar-refractivity contribution < 1.29 is 32.3 Å². The zero-order chi connectivity index (χ0) is 36.3. The van der Waals surface area contributed by atoms with E-state index < -0.39 is 39.1 Å². The molecule has 0 aliphatic carbocycles. The second-order valence-electron chi connectivity index (χ2n) is 14.1. The third-order valence-electron chi connectivity index (χ3n) is 8.92. The number of anilines is 1. The van der Waals surface area contributed by atoms with E-state index in [-0.39, 0.29) is 41.3 Å². The van der Waals surface area contributed by atoms with Crippen LogP contribution in [0.5, 0.6) is 5.88 Å². The van der Waals surface area contributed by atoms with Gasteiger partial charge in [-0.15, -0.1) is 0 Å². The van der Waals surface area contributed by atoms with E-state index in [0.717, 1.165) is 16.7 Å². The maximum Gasteiger partial charge on any atom is 0.408 e. The molecule has 268 valence electrons. The Morgan fingerprint density at radius 1 is 1.06 bits per heavy atom. The molecule has 1 fully saturated rings. The number of alkyl carbamates (subject to hydrolysis) is 1. The number of carbonyl (C=O) groups is 3. The molecule has 3 aromatic rings. The van der Waals surface area contributed by atoms with Crippen LogP contribution in [0.4, 0.5) is 10.7 Å². The summed E-state index contributed by atoms with van der Waals surface area (Å²) in [6, 6.07) is 12.6. The van der Waals surface area contributed by atoms with Crippen LogP contribution >= 0.6 is 0 Å². The van der Waals surface area contributed by atoms with Crippen molar-refractivity contribution in [3.63, 3.8) is 0 Å². The molecule has 3 amide bonds. The molecule has 1 unspecified atom stereocenters. The predicted octanol–water partition coefficient (Wildman–Crippen LogP) is 4.99. The average molecular weight is 707 g/mol. The number of benzene rings is 2. The number of sulfonamides is 1. The zero-order valence-corrected chi connectivity index (χ0v) is 30.3. The second-order valence-corrected chi connectivity index (χ2v) is 15.8. The minimum absolute atomic E-state index is 0.117. The van der Waals surface area contributed by atoms with Crippen molar-refractivity contribution >= 4 is 33.9 Å². The van der Waals surface area contributed by atoms with Crippen molar-refractivity contribution in [3.8, 4) is 17.1 Å². The van der Waals surface area contributed by atoms with E-state index >= 15 is 0 Å². The summed E-state index contributed by atoms with van der Waals surface area (Å²) in [7, 11) is -4.16. The molecule has 14 heteroatoms. The molecule has 1 spiro atoms. The van der Waals surface area contributed by atoms with Gasteiger partial charge in [0.2, 0.25) is 17.7 Å². The molecule has 2 aliphatic heterocycles. The summed E-state index contributed by atoms with van der Waals surface area (Å²) >= 11 is 0. The fourth-order valence-corrected chi connectivity index (χ4v) is 7.25. The van der Waals surface area contributed by atoms with Gasteiger partial charge in [0.1, 0.15) is 11.6 Å². The van der Waals surface area contributed by atoms with Gasteiger partial charge >= 0.3 is 6.09 Å². The highest BCUT2D eigenvalue weighted by molar-refractivity contribution is 7.92. The number of hydrogen-bond acceptors (Lipinski definition) is 9. The first kappa shape index (κ1) is 36.6. The number of nitrogens with zero attached hydrogens (tertiary/aromatic N) is 3. The number of aromatic nitrogens is 2. The van der Waals surface area contributed by atoms with Gasteiger partial charge in [-0.3, -0.25) is 9.59 Å². The first-order chi connectivity index (χ1) is 23.6. The normalized spacial score (nSPS) is 17.7. The van der Waals surface area contributed by atoms with Gasteiger partial charge in [0, 0.05) is 42.2 Å². The molecule has 50 heavy (non-hydrogen) atoms. The highest BCUT2D eigenvalue weighted by atomic mass is 32.2. The van der Waals surface area contributed by atoms with Crippen LogP contribution < -0.4 is 20.1 Å². The largest absolute Gasteiger partial charge is 0.477 e. The van der Waals surface area contributed by atoms with Crippen molar-refractivity contribution in [3.05, 3.63) is 65.2 Å². The Kier molecular flexibility index (Phi) is 10.7. The SMILES string of the molecule is CCCC(NC(=O)OC(C)(C)C)C(=O)N1CCC2(CC1)CNC(=O)c1cccc(c1)S(=O)(=O)Nc1nc(cc(-c3c(C)cccc3C)n1)OC2. The van der Waals surface area contributed by atoms with Crippen LogP contribution in [0.2, 0.25) is 0 Å². The van der Waals surface area contributed by atoms with Gasteiger partial charge in [-0.1, -0.05) is 37.6 Å². The van der Waals surface area contributed by atoms with Gasteiger partial charge in [0.25, 0.3) is 15.9 Å². The first-order valence-corrected chi connectivity index (χ1v) is 18.3. The van der Waals surface area contributed by atoms with Crippen LogP contribution in [0.3, 0.4) is 0 Å². The van der Waals surface area contributed by atoms with E-state index in [1.165, 1.54) is 18.2 Å². The van der Waals surface area contributed by atoms with Crippen molar-refractivity contribution in [2.24, 2.45) is 5.41 Å². The summed E-state index contributed by atoms with van der Waals surface area (Å²) in [5, 5.41) is 5.73. The van der Waals surface area contributed by atoms with Crippen molar-refractivity contribution in [2.75, 3.05) is 31.0 Å². The minimum Gasteiger partial charge on any atom is -0.477 e. The van der Waals surface area contributed by atoms with Crippen LogP contribution in [0, 0.1) is 19.3 Å². The summed E-state index contributed by atoms with van der Waals surface area (Å²) in [5.74, 6) is -0.634. The summed E-state index contributed by atoms with van der Waals surface area (Å²) < 4.78 is 41.1. The molecule has 5 rings (SSSR count). The molecule has 1 saturated heterocycles. The van der Waals surface area contributed by atoms with E-state index in [0.29, 0.717) is 44.5 Å². The van der Waals surface area contributed by atoms with Crippen molar-refractivity contribution in [2.45, 2.75) is 83.8 Å². The maximum absolute atomic E-state index is 13.7. The number of hydrogen-bond donors (Lipinski definition) is 3. The van der Waals surface area contributed by atoms with Crippen molar-refractivity contribution in [1.82, 2.24) is 25.5 Å². The van der Waals surface area contributed by atoms with Gasteiger partial charge in [0.05, 0.1) is 17.2 Å². The molecule has 13 nitrogen and oxygen atoms in total. The van der Waals surface area contributed by atoms with E-state index in [1.807, 2.05) is 39.0 Å². The van der Waals surface area contributed by atoms with Crippen LogP contribution in [-0.2, 0) is 19.6 Å². The summed E-state index contributed by atoms with van der Waals surface area (Å²) in [4.78, 5) is 50.2. The Morgan fingerprint density at radius 3 is 2.40 bits per heavy atom. The number of nitrogens with one attached hydrogen (secondary N) is 3. The summed E-state index contributed by atoms with van der Waals surface area (Å²) in [6.45, 7) is 12.2. The van der Waals surface area contributed by atoms with E-state index in [4.69, 9.17) is 9.47 Å². The second kappa shape index (κ2) is 14.6. The molecule has 1 atom stereocenters. The predicted molar refractivity (Wildman–Crippen MR) is 188 cm³/mol. The summed E-state index contributed by atoms with van der Waals surface area (Å²) in [5.41, 5.74) is 2.10. The molecule has 3 heterocycles. The van der Waals surface area contributed by atoms with Gasteiger partial charge in [-0.2, -0.15) is 4.98 Å². The number of likely N-dealkylation sites (tertiary alicyclic amines) is 1. The molecule has 3 N–H and O–H groups in total. The zero-order valence-electron chi connectivity index (χ0n) is 29.5. The Morgan fingerprint density at radius 2 is 1.74 bits per heavy atom. The van der Waals surface area contributed by atoms with Gasteiger partial charge < -0.3 is 25.0 Å². The third-order valence-corrected chi connectivity index (χ3v) is 10.3. The highest BCUT2D eigenvalue weighted by Crippen LogP contribution is 2.34. The Bertz CT molecular complexity index is 1850. The molecule has 2 aliphatic rings. The monoisotopic (exact) mass is 706 g/mol. The Balaban J connectivity index is 1.45. The lowest BCUT2D eigenvalue weighted by Gasteiger charge is -2.42. The lowest BCUT2D eigenvalue weighted by Crippen LogP contribution is -2.55. The number of piperidine rings is 1. The van der Waals surface area contributed by atoms with Crippen LogP contribution in [0.15, 0.2) is 53.4 Å². The molecular formula is C36H46N6O7S. The minimum atomic E-state index is -4.16. The van der Waals surface area contributed by atoms with Crippen molar-refractivity contribution in [1.29, 1.82) is 0 Å². The third kappa shape index (κ3) is 8.70. The number of fused-ring (bicyclic) bond motifs is 4. The van der Waals surface area contributed by atoms with E-state index in [2.05, 4.69) is 25.3 Å². The van der Waals surface area contributed by atoms with E-state index in [1.54, 1.807) is 37.8 Å². The van der Waals surface area contributed by atoms with Crippen LogP contribution in [0.25, 0.3) is 11.3 Å². The number of ether oxygens (including phenoxy) is 2. The average Bonchev–Trinajstić information content (AvgIpc) is 3.05. The number of rotatable bonds is 5. The molecule has 0 radical (unpaired) electrons. The van der Waals surface area contributed by atoms with Crippen LogP contribution in [0.1, 0.15) is 74.9 Å². The number of carbonyl (C=O) groups excluding carboxylic acids is 3. The first-order valence-electron chi connectivity index (χ1n) is 16.9. The lowest BCUT2D eigenvalue weighted by atomic mass is 9.78. The van der Waals surface area contributed by atoms with Crippen LogP contribution in [-0.4, -0.2) is 79.1 Å². The van der Waals surface area contributed by atoms with Gasteiger partial charge in [-0.25, -0.2) is 22.9 Å². The maximum atomic E-state index is 13.7. The van der Waals surface area contributed by atoms with E-state index in [9.17, 15) is 22.8 Å². The molecular weight excluding hydrogens is 660 g/mol. The van der Waals surface area contributed by atoms with Gasteiger partial charge in [0.15, 0.2) is 0 Å². The summed E-state index contributed by atoms with van der Waals surface area (Å²) in [6.07, 6.45) is 1.47. The highest BCUT2D eigenvalue weighted by Gasteiger charge is 2.39. The number of amides is 3. The fraction of sp³-hybridized carbons (Fsp3) is 0.472. The Labute approximate surface area is 293 Å². The molecule has 1 aromatic heterocycles. The quantitative estimate of drug-likeness (QED) is 0.331. The topological polar surface area (TPSA) is 169 Å². The smallest absolute Gasteiger partial charge is 0.408 e. The molecule has 4 bridgehead atoms. The standard InChI is InChI=1S/C36H46N6O7S/c1-7-10-27(39-34(45)49-35(4,5)6)32(44)42-17-15-36(16-18-42)21-37-31(43)25-13-9-14-26(19-25)50(46,47)41-33-38-28(20-29(40-33)48-22-36)30-23(2)11-8-12-24(30)3/h8-9,11-14,19-20,27H,7,10,15-18,21-22H2,1-6H3,(H,37,43)(H,39,45)(H,38,40,41). The molecule has 0 saturated carbocycles. The Hall–Kier alpha value is -4.72.